The lowest BCUT2D eigenvalue weighted by Gasteiger charge is -2.21. The summed E-state index contributed by atoms with van der Waals surface area (Å²) in [7, 11) is -0.616. The monoisotopic (exact) mass is 520 g/mol. The lowest BCUT2D eigenvalue weighted by molar-refractivity contribution is -0.120. The molecule has 2 aromatic rings. The second kappa shape index (κ2) is 8.86. The fraction of sp³-hybridized carbons (Fsp3) is 0.391. The van der Waals surface area contributed by atoms with E-state index in [2.05, 4.69) is 15.9 Å². The number of hydrogen-bond donors (Lipinski definition) is 0. The molecule has 0 radical (unpaired) electrons. The number of rotatable bonds is 7. The molecule has 2 aromatic carbocycles. The van der Waals surface area contributed by atoms with E-state index in [-0.39, 0.29) is 34.8 Å². The summed E-state index contributed by atoms with van der Waals surface area (Å²) in [6, 6.07) is 10.4. The van der Waals surface area contributed by atoms with Gasteiger partial charge in [0.05, 0.1) is 23.4 Å². The van der Waals surface area contributed by atoms with E-state index in [0.717, 1.165) is 18.4 Å². The topological polar surface area (TPSA) is 84.0 Å². The summed E-state index contributed by atoms with van der Waals surface area (Å²) in [5.41, 5.74) is 1.98. The number of methoxy groups -OCH3 is 1. The Morgan fingerprint density at radius 1 is 1.19 bits per heavy atom. The summed E-state index contributed by atoms with van der Waals surface area (Å²) in [5, 5.41) is 0. The van der Waals surface area contributed by atoms with Crippen molar-refractivity contribution in [1.29, 1.82) is 0 Å². The average molecular weight is 521 g/mol. The van der Waals surface area contributed by atoms with Gasteiger partial charge in [-0.2, -0.15) is 0 Å². The van der Waals surface area contributed by atoms with Crippen LogP contribution >= 0.6 is 15.9 Å². The van der Waals surface area contributed by atoms with Crippen molar-refractivity contribution in [3.05, 3.63) is 46.4 Å². The predicted molar refractivity (Wildman–Crippen MR) is 126 cm³/mol. The fourth-order valence-electron chi connectivity index (χ4n) is 3.93. The second-order valence-corrected chi connectivity index (χ2v) is 11.1. The first kappa shape index (κ1) is 22.8. The number of sulfone groups is 1. The molecule has 9 heteroatoms. The minimum absolute atomic E-state index is 0.000116. The molecule has 2 aliphatic rings. The normalized spacial score (nSPS) is 15.4. The van der Waals surface area contributed by atoms with Crippen LogP contribution in [0.1, 0.15) is 24.8 Å². The molecule has 2 amide bonds. The standard InChI is InChI=1S/C23H25BrN2O5S/c1-25(18-5-7-19(31-2)8-6-18)21(27)10-12-32(29,30)20-14-17(24)13-16-9-11-26(22(16)20)23(28)15-3-4-15/h5-8,13-15H,3-4,9-12H2,1-2H3. The summed E-state index contributed by atoms with van der Waals surface area (Å²) in [6.45, 7) is 0.489. The number of halogens is 1. The van der Waals surface area contributed by atoms with E-state index < -0.39 is 9.84 Å². The maximum Gasteiger partial charge on any atom is 0.230 e. The zero-order chi connectivity index (χ0) is 23.0. The van der Waals surface area contributed by atoms with Crippen molar-refractivity contribution in [3.63, 3.8) is 0 Å². The molecule has 1 fully saturated rings. The molecule has 0 unspecified atom stereocenters. The highest BCUT2D eigenvalue weighted by atomic mass is 79.9. The number of nitrogens with zero attached hydrogens (tertiary/aromatic N) is 2. The zero-order valence-electron chi connectivity index (χ0n) is 18.0. The van der Waals surface area contributed by atoms with Gasteiger partial charge in [-0.15, -0.1) is 0 Å². The maximum atomic E-state index is 13.3. The van der Waals surface area contributed by atoms with Gasteiger partial charge in [0.25, 0.3) is 0 Å². The SMILES string of the molecule is COc1ccc(N(C)C(=O)CCS(=O)(=O)c2cc(Br)cc3c2N(C(=O)C2CC2)CC3)cc1. The van der Waals surface area contributed by atoms with Crippen molar-refractivity contribution >= 4 is 49.0 Å². The van der Waals surface area contributed by atoms with E-state index in [1.165, 1.54) is 4.90 Å². The van der Waals surface area contributed by atoms with Crippen LogP contribution in [0.2, 0.25) is 0 Å². The third-order valence-electron chi connectivity index (χ3n) is 5.94. The van der Waals surface area contributed by atoms with Gasteiger partial charge in [0.1, 0.15) is 5.75 Å². The van der Waals surface area contributed by atoms with Crippen LogP contribution in [-0.4, -0.2) is 46.7 Å². The van der Waals surface area contributed by atoms with Gasteiger partial charge in [0.15, 0.2) is 9.84 Å². The molecular weight excluding hydrogens is 496 g/mol. The summed E-state index contributed by atoms with van der Waals surface area (Å²) in [4.78, 5) is 28.6. The van der Waals surface area contributed by atoms with Gasteiger partial charge in [0.2, 0.25) is 11.8 Å². The molecule has 1 aliphatic heterocycles. The van der Waals surface area contributed by atoms with Crippen molar-refractivity contribution in [2.75, 3.05) is 36.3 Å². The Balaban J connectivity index is 1.53. The molecule has 0 atom stereocenters. The van der Waals surface area contributed by atoms with Gasteiger partial charge < -0.3 is 14.5 Å². The first-order valence-electron chi connectivity index (χ1n) is 10.5. The quantitative estimate of drug-likeness (QED) is 0.556. The largest absolute Gasteiger partial charge is 0.497 e. The lowest BCUT2D eigenvalue weighted by atomic mass is 10.2. The Morgan fingerprint density at radius 2 is 1.88 bits per heavy atom. The minimum atomic E-state index is -3.79. The highest BCUT2D eigenvalue weighted by molar-refractivity contribution is 9.10. The Kier molecular flexibility index (Phi) is 6.31. The van der Waals surface area contributed by atoms with Gasteiger partial charge in [-0.1, -0.05) is 15.9 Å². The number of carbonyl (C=O) groups is 2. The number of carbonyl (C=O) groups excluding carboxylic acids is 2. The number of benzene rings is 2. The summed E-state index contributed by atoms with van der Waals surface area (Å²) in [5.74, 6) is 0.0284. The molecule has 0 N–H and O–H groups in total. The molecule has 32 heavy (non-hydrogen) atoms. The van der Waals surface area contributed by atoms with Crippen LogP contribution in [0.3, 0.4) is 0 Å². The van der Waals surface area contributed by atoms with Gasteiger partial charge in [0, 0.05) is 36.1 Å². The third kappa shape index (κ3) is 4.54. The van der Waals surface area contributed by atoms with Crippen LogP contribution in [0.5, 0.6) is 5.75 Å². The highest BCUT2D eigenvalue weighted by Gasteiger charge is 2.39. The molecule has 1 aliphatic carbocycles. The second-order valence-electron chi connectivity index (χ2n) is 8.15. The molecule has 0 saturated heterocycles. The van der Waals surface area contributed by atoms with Gasteiger partial charge in [-0.25, -0.2) is 8.42 Å². The number of amides is 2. The van der Waals surface area contributed by atoms with Crippen molar-refractivity contribution in [3.8, 4) is 5.75 Å². The Bertz CT molecular complexity index is 1160. The van der Waals surface area contributed by atoms with Gasteiger partial charge in [-0.3, -0.25) is 9.59 Å². The first-order chi connectivity index (χ1) is 15.2. The van der Waals surface area contributed by atoms with E-state index in [0.29, 0.717) is 34.6 Å². The number of ether oxygens (including phenoxy) is 1. The van der Waals surface area contributed by atoms with Crippen LogP contribution in [0, 0.1) is 5.92 Å². The van der Waals surface area contributed by atoms with Crippen LogP contribution < -0.4 is 14.5 Å². The van der Waals surface area contributed by atoms with Crippen molar-refractivity contribution in [1.82, 2.24) is 0 Å². The Labute approximate surface area is 196 Å². The minimum Gasteiger partial charge on any atom is -0.497 e. The molecule has 1 heterocycles. The molecule has 0 aromatic heterocycles. The number of anilines is 2. The molecule has 0 spiro atoms. The van der Waals surface area contributed by atoms with Crippen molar-refractivity contribution in [2.45, 2.75) is 30.6 Å². The smallest absolute Gasteiger partial charge is 0.230 e. The fourth-order valence-corrected chi connectivity index (χ4v) is 6.09. The molecule has 1 saturated carbocycles. The Morgan fingerprint density at radius 3 is 2.50 bits per heavy atom. The molecule has 170 valence electrons. The maximum absolute atomic E-state index is 13.3. The van der Waals surface area contributed by atoms with Crippen LogP contribution in [-0.2, 0) is 25.8 Å². The van der Waals surface area contributed by atoms with Gasteiger partial charge >= 0.3 is 0 Å². The van der Waals surface area contributed by atoms with E-state index in [9.17, 15) is 18.0 Å². The predicted octanol–water partition coefficient (Wildman–Crippen LogP) is 3.58. The van der Waals surface area contributed by atoms with Crippen molar-refractivity contribution in [2.24, 2.45) is 5.92 Å². The van der Waals surface area contributed by atoms with Crippen LogP contribution in [0.25, 0.3) is 0 Å². The van der Waals surface area contributed by atoms with E-state index in [1.54, 1.807) is 49.4 Å². The van der Waals surface area contributed by atoms with Crippen molar-refractivity contribution < 1.29 is 22.7 Å². The summed E-state index contributed by atoms with van der Waals surface area (Å²) < 4.78 is 32.4. The lowest BCUT2D eigenvalue weighted by Crippen LogP contribution is -2.32. The molecular formula is C23H25BrN2O5S. The third-order valence-corrected chi connectivity index (χ3v) is 8.12. The zero-order valence-corrected chi connectivity index (χ0v) is 20.4. The average Bonchev–Trinajstić information content (AvgIpc) is 3.55. The molecule has 0 bridgehead atoms. The summed E-state index contributed by atoms with van der Waals surface area (Å²) >= 11 is 3.40. The van der Waals surface area contributed by atoms with Gasteiger partial charge in [-0.05, 0) is 61.2 Å². The number of fused-ring (bicyclic) bond motifs is 1. The van der Waals surface area contributed by atoms with Crippen LogP contribution in [0.15, 0.2) is 45.8 Å². The van der Waals surface area contributed by atoms with E-state index >= 15 is 0 Å². The molecule has 4 rings (SSSR count). The Hall–Kier alpha value is -2.39. The highest BCUT2D eigenvalue weighted by Crippen LogP contribution is 2.41. The first-order valence-corrected chi connectivity index (χ1v) is 12.9. The number of hydrogen-bond acceptors (Lipinski definition) is 5. The summed E-state index contributed by atoms with van der Waals surface area (Å²) in [6.07, 6.45) is 2.17. The molecule has 7 nitrogen and oxygen atoms in total. The van der Waals surface area contributed by atoms with E-state index in [4.69, 9.17) is 4.74 Å². The van der Waals surface area contributed by atoms with Crippen LogP contribution in [0.4, 0.5) is 11.4 Å². The van der Waals surface area contributed by atoms with E-state index in [1.807, 2.05) is 6.07 Å².